The Hall–Kier alpha value is -2.40. The molecule has 21 heavy (non-hydrogen) atoms. The Balaban J connectivity index is 2.21. The summed E-state index contributed by atoms with van der Waals surface area (Å²) in [6.07, 6.45) is 1.51. The Morgan fingerprint density at radius 2 is 1.95 bits per heavy atom. The van der Waals surface area contributed by atoms with Crippen molar-refractivity contribution >= 4 is 5.91 Å². The van der Waals surface area contributed by atoms with Gasteiger partial charge in [-0.2, -0.15) is 0 Å². The highest BCUT2D eigenvalue weighted by molar-refractivity contribution is 5.93. The molecule has 1 heterocycles. The average Bonchev–Trinajstić information content (AvgIpc) is 2.52. The normalized spacial score (nSPS) is 10.3. The van der Waals surface area contributed by atoms with Gasteiger partial charge in [0.25, 0.3) is 11.5 Å². The molecule has 0 aliphatic rings. The van der Waals surface area contributed by atoms with Crippen molar-refractivity contribution in [2.24, 2.45) is 0 Å². The molecule has 0 atom stereocenters. The summed E-state index contributed by atoms with van der Waals surface area (Å²) in [5.41, 5.74) is 0.775. The number of aromatic nitrogens is 1. The van der Waals surface area contributed by atoms with Gasteiger partial charge < -0.3 is 14.6 Å². The van der Waals surface area contributed by atoms with E-state index in [1.54, 1.807) is 18.1 Å². The number of pyridine rings is 1. The molecule has 0 spiro atoms. The van der Waals surface area contributed by atoms with Gasteiger partial charge in [0.1, 0.15) is 5.56 Å². The number of H-pyrrole nitrogens is 1. The maximum absolute atomic E-state index is 12.5. The van der Waals surface area contributed by atoms with Gasteiger partial charge in [-0.1, -0.05) is 30.3 Å². The van der Waals surface area contributed by atoms with Gasteiger partial charge in [-0.25, -0.2) is 0 Å². The lowest BCUT2D eigenvalue weighted by molar-refractivity contribution is 0.0678. The maximum atomic E-state index is 12.5. The molecule has 0 saturated heterocycles. The van der Waals surface area contributed by atoms with Crippen LogP contribution in [0.1, 0.15) is 15.9 Å². The second kappa shape index (κ2) is 7.40. The molecule has 0 aliphatic carbocycles. The summed E-state index contributed by atoms with van der Waals surface area (Å²) in [6.45, 7) is 1.29. The van der Waals surface area contributed by atoms with Crippen molar-refractivity contribution in [1.29, 1.82) is 0 Å². The van der Waals surface area contributed by atoms with Crippen LogP contribution >= 0.6 is 0 Å². The average molecular weight is 286 g/mol. The molecule has 2 aromatic rings. The largest absolute Gasteiger partial charge is 0.383 e. The molecule has 0 fully saturated rings. The van der Waals surface area contributed by atoms with E-state index >= 15 is 0 Å². The summed E-state index contributed by atoms with van der Waals surface area (Å²) in [5, 5.41) is 0. The Morgan fingerprint density at radius 3 is 2.62 bits per heavy atom. The van der Waals surface area contributed by atoms with Crippen molar-refractivity contribution in [2.75, 3.05) is 20.3 Å². The molecule has 0 bridgehead atoms. The molecular formula is C16H18N2O3. The van der Waals surface area contributed by atoms with Crippen LogP contribution < -0.4 is 5.56 Å². The van der Waals surface area contributed by atoms with E-state index in [0.717, 1.165) is 5.56 Å². The van der Waals surface area contributed by atoms with E-state index in [9.17, 15) is 9.59 Å². The number of carbonyl (C=O) groups is 1. The number of benzene rings is 1. The predicted octanol–water partition coefficient (Wildman–Crippen LogP) is 1.66. The smallest absolute Gasteiger partial charge is 0.260 e. The summed E-state index contributed by atoms with van der Waals surface area (Å²) in [5.74, 6) is -0.294. The first-order chi connectivity index (χ1) is 10.2. The number of amides is 1. The first-order valence-corrected chi connectivity index (χ1v) is 6.72. The number of ether oxygens (including phenoxy) is 1. The first kappa shape index (κ1) is 15.0. The molecule has 5 nitrogen and oxygen atoms in total. The van der Waals surface area contributed by atoms with Crippen LogP contribution in [0.5, 0.6) is 0 Å². The quantitative estimate of drug-likeness (QED) is 0.878. The summed E-state index contributed by atoms with van der Waals surface area (Å²) in [4.78, 5) is 28.4. The Labute approximate surface area is 123 Å². The third-order valence-electron chi connectivity index (χ3n) is 3.12. The molecule has 2 rings (SSSR count). The summed E-state index contributed by atoms with van der Waals surface area (Å²) in [6, 6.07) is 12.8. The minimum atomic E-state index is -0.377. The van der Waals surface area contributed by atoms with Crippen LogP contribution in [0.15, 0.2) is 53.5 Å². The van der Waals surface area contributed by atoms with E-state index < -0.39 is 0 Å². The van der Waals surface area contributed by atoms with Gasteiger partial charge >= 0.3 is 0 Å². The highest BCUT2D eigenvalue weighted by atomic mass is 16.5. The van der Waals surface area contributed by atoms with E-state index in [1.807, 2.05) is 30.3 Å². The van der Waals surface area contributed by atoms with Crippen LogP contribution in [0.4, 0.5) is 0 Å². The molecule has 0 saturated carbocycles. The lowest BCUT2D eigenvalue weighted by atomic mass is 10.2. The number of carbonyl (C=O) groups excluding carboxylic acids is 1. The Bertz CT molecular complexity index is 637. The molecule has 1 amide bonds. The number of nitrogens with one attached hydrogen (secondary N) is 1. The zero-order valence-corrected chi connectivity index (χ0v) is 11.9. The Morgan fingerprint density at radius 1 is 1.19 bits per heavy atom. The van der Waals surface area contributed by atoms with E-state index in [0.29, 0.717) is 19.7 Å². The van der Waals surface area contributed by atoms with E-state index in [4.69, 9.17) is 4.74 Å². The van der Waals surface area contributed by atoms with Crippen LogP contribution in [0.25, 0.3) is 0 Å². The van der Waals surface area contributed by atoms with Crippen molar-refractivity contribution in [2.45, 2.75) is 6.54 Å². The van der Waals surface area contributed by atoms with Gasteiger partial charge in [-0.3, -0.25) is 9.59 Å². The van der Waals surface area contributed by atoms with Crippen molar-refractivity contribution in [3.8, 4) is 0 Å². The van der Waals surface area contributed by atoms with Gasteiger partial charge in [0, 0.05) is 26.4 Å². The zero-order valence-electron chi connectivity index (χ0n) is 11.9. The predicted molar refractivity (Wildman–Crippen MR) is 80.1 cm³/mol. The van der Waals surface area contributed by atoms with Crippen molar-refractivity contribution in [3.05, 3.63) is 70.1 Å². The standard InChI is InChI=1S/C16H18N2O3/c1-21-11-10-18(12-13-6-3-2-4-7-13)16(20)14-8-5-9-17-15(14)19/h2-9H,10-12H2,1H3,(H,17,19). The monoisotopic (exact) mass is 286 g/mol. The van der Waals surface area contributed by atoms with Gasteiger partial charge in [-0.15, -0.1) is 0 Å². The van der Waals surface area contributed by atoms with Crippen molar-refractivity contribution in [1.82, 2.24) is 9.88 Å². The Kier molecular flexibility index (Phi) is 5.29. The van der Waals surface area contributed by atoms with Gasteiger partial charge in [-0.05, 0) is 17.7 Å². The van der Waals surface area contributed by atoms with Crippen LogP contribution in [-0.4, -0.2) is 36.1 Å². The third kappa shape index (κ3) is 4.03. The van der Waals surface area contributed by atoms with Crippen LogP contribution in [0, 0.1) is 0 Å². The summed E-state index contributed by atoms with van der Waals surface area (Å²) in [7, 11) is 1.58. The SMILES string of the molecule is COCCN(Cc1ccccc1)C(=O)c1ccc[nH]c1=O. The molecular weight excluding hydrogens is 268 g/mol. The lowest BCUT2D eigenvalue weighted by Gasteiger charge is -2.22. The molecule has 1 aromatic carbocycles. The van der Waals surface area contributed by atoms with Gasteiger partial charge in [0.15, 0.2) is 0 Å². The molecule has 1 aromatic heterocycles. The van der Waals surface area contributed by atoms with Crippen molar-refractivity contribution in [3.63, 3.8) is 0 Å². The number of rotatable bonds is 6. The highest BCUT2D eigenvalue weighted by Gasteiger charge is 2.18. The number of hydrogen-bond donors (Lipinski definition) is 1. The molecule has 0 aliphatic heterocycles. The minimum Gasteiger partial charge on any atom is -0.383 e. The zero-order chi connectivity index (χ0) is 15.1. The number of aromatic amines is 1. The number of hydrogen-bond acceptors (Lipinski definition) is 3. The second-order valence-corrected chi connectivity index (χ2v) is 4.62. The number of methoxy groups -OCH3 is 1. The first-order valence-electron chi connectivity index (χ1n) is 6.72. The fourth-order valence-electron chi connectivity index (χ4n) is 2.02. The highest BCUT2D eigenvalue weighted by Crippen LogP contribution is 2.07. The van der Waals surface area contributed by atoms with Gasteiger partial charge in [0.05, 0.1) is 6.61 Å². The summed E-state index contributed by atoms with van der Waals surface area (Å²) >= 11 is 0. The third-order valence-corrected chi connectivity index (χ3v) is 3.12. The molecule has 0 unspecified atom stereocenters. The molecule has 0 radical (unpaired) electrons. The van der Waals surface area contributed by atoms with Crippen molar-refractivity contribution < 1.29 is 9.53 Å². The lowest BCUT2D eigenvalue weighted by Crippen LogP contribution is -2.36. The van der Waals surface area contributed by atoms with E-state index in [-0.39, 0.29) is 17.0 Å². The minimum absolute atomic E-state index is 0.143. The maximum Gasteiger partial charge on any atom is 0.260 e. The number of nitrogens with zero attached hydrogens (tertiary/aromatic N) is 1. The second-order valence-electron chi connectivity index (χ2n) is 4.62. The molecule has 1 N–H and O–H groups in total. The fourth-order valence-corrected chi connectivity index (χ4v) is 2.02. The van der Waals surface area contributed by atoms with E-state index in [2.05, 4.69) is 4.98 Å². The summed E-state index contributed by atoms with van der Waals surface area (Å²) < 4.78 is 5.05. The fraction of sp³-hybridized carbons (Fsp3) is 0.250. The van der Waals surface area contributed by atoms with Gasteiger partial charge in [0.2, 0.25) is 0 Å². The molecule has 5 heteroatoms. The van der Waals surface area contributed by atoms with E-state index in [1.165, 1.54) is 12.3 Å². The van der Waals surface area contributed by atoms with Crippen LogP contribution in [0.2, 0.25) is 0 Å². The van der Waals surface area contributed by atoms with Crippen LogP contribution in [0.3, 0.4) is 0 Å². The van der Waals surface area contributed by atoms with Crippen LogP contribution in [-0.2, 0) is 11.3 Å². The topological polar surface area (TPSA) is 62.4 Å². The molecule has 110 valence electrons.